The van der Waals surface area contributed by atoms with Crippen LogP contribution in [0.25, 0.3) is 10.8 Å². The normalized spacial score (nSPS) is 10.8. The second kappa shape index (κ2) is 4.10. The molecule has 0 saturated heterocycles. The molecule has 0 radical (unpaired) electrons. The van der Waals surface area contributed by atoms with E-state index in [1.54, 1.807) is 12.3 Å². The van der Waals surface area contributed by atoms with Crippen molar-refractivity contribution in [3.8, 4) is 6.07 Å². The summed E-state index contributed by atoms with van der Waals surface area (Å²) < 4.78 is 26.8. The summed E-state index contributed by atoms with van der Waals surface area (Å²) >= 11 is 0. The van der Waals surface area contributed by atoms with Crippen molar-refractivity contribution in [2.45, 2.75) is 19.8 Å². The molecule has 1 aromatic heterocycles. The Kier molecular flexibility index (Phi) is 2.76. The molecule has 1 heterocycles. The van der Waals surface area contributed by atoms with Crippen LogP contribution in [0.4, 0.5) is 8.78 Å². The summed E-state index contributed by atoms with van der Waals surface area (Å²) in [5, 5.41) is 9.88. The van der Waals surface area contributed by atoms with Crippen LogP contribution in [0.5, 0.6) is 0 Å². The summed E-state index contributed by atoms with van der Waals surface area (Å²) in [7, 11) is 0. The fraction of sp³-hybridized carbons (Fsp3) is 0.231. The summed E-state index contributed by atoms with van der Waals surface area (Å²) in [5.41, 5.74) is 0.504. The van der Waals surface area contributed by atoms with Gasteiger partial charge in [-0.2, -0.15) is 5.26 Å². The van der Waals surface area contributed by atoms with Gasteiger partial charge in [-0.1, -0.05) is 13.8 Å². The van der Waals surface area contributed by atoms with Crippen LogP contribution in [0.1, 0.15) is 30.9 Å². The van der Waals surface area contributed by atoms with Crippen molar-refractivity contribution < 1.29 is 8.78 Å². The molecule has 0 aliphatic carbocycles. The van der Waals surface area contributed by atoms with Crippen molar-refractivity contribution in [1.29, 1.82) is 5.26 Å². The van der Waals surface area contributed by atoms with Gasteiger partial charge >= 0.3 is 0 Å². The van der Waals surface area contributed by atoms with E-state index in [4.69, 9.17) is 5.26 Å². The molecule has 0 bridgehead atoms. The molecule has 17 heavy (non-hydrogen) atoms. The van der Waals surface area contributed by atoms with Gasteiger partial charge in [-0.05, 0) is 17.5 Å². The molecule has 2 rings (SSSR count). The molecular weight excluding hydrogens is 222 g/mol. The highest BCUT2D eigenvalue weighted by atomic mass is 19.2. The van der Waals surface area contributed by atoms with Crippen LogP contribution in [-0.4, -0.2) is 4.98 Å². The number of hydrogen-bond donors (Lipinski definition) is 0. The third-order valence-corrected chi connectivity index (χ3v) is 2.70. The van der Waals surface area contributed by atoms with Crippen LogP contribution in [0.2, 0.25) is 0 Å². The number of nitrogens with zero attached hydrogens (tertiary/aromatic N) is 2. The lowest BCUT2D eigenvalue weighted by atomic mass is 9.95. The number of fused-ring (bicyclic) bond motifs is 1. The van der Waals surface area contributed by atoms with Gasteiger partial charge < -0.3 is 0 Å². The van der Waals surface area contributed by atoms with Gasteiger partial charge in [-0.3, -0.25) is 4.98 Å². The number of aromatic nitrogens is 1. The van der Waals surface area contributed by atoms with Crippen molar-refractivity contribution in [3.63, 3.8) is 0 Å². The summed E-state index contributed by atoms with van der Waals surface area (Å²) in [5.74, 6) is -2.02. The number of hydrogen-bond acceptors (Lipinski definition) is 2. The Morgan fingerprint density at radius 3 is 2.59 bits per heavy atom. The monoisotopic (exact) mass is 232 g/mol. The Labute approximate surface area is 97.5 Å². The average Bonchev–Trinajstić information content (AvgIpc) is 2.30. The molecule has 86 valence electrons. The SMILES string of the molecule is CC(C)c1cncc2cc(F)c(F)c(C#N)c12. The summed E-state index contributed by atoms with van der Waals surface area (Å²) in [6.07, 6.45) is 3.02. The highest BCUT2D eigenvalue weighted by Crippen LogP contribution is 2.29. The summed E-state index contributed by atoms with van der Waals surface area (Å²) in [6, 6.07) is 2.81. The van der Waals surface area contributed by atoms with Crippen molar-refractivity contribution in [2.75, 3.05) is 0 Å². The second-order valence-electron chi connectivity index (χ2n) is 4.14. The highest BCUT2D eigenvalue weighted by molar-refractivity contribution is 5.90. The maximum atomic E-state index is 13.6. The standard InChI is InChI=1S/C13H10F2N2/c1-7(2)10-6-17-5-8-3-11(14)13(15)9(4-16)12(8)10/h3,5-7H,1-2H3. The summed E-state index contributed by atoms with van der Waals surface area (Å²) in [6.45, 7) is 3.83. The lowest BCUT2D eigenvalue weighted by molar-refractivity contribution is 0.508. The first-order valence-corrected chi connectivity index (χ1v) is 5.22. The maximum absolute atomic E-state index is 13.6. The zero-order chi connectivity index (χ0) is 12.6. The first kappa shape index (κ1) is 11.5. The Bertz CT molecular complexity index is 627. The lowest BCUT2D eigenvalue weighted by Crippen LogP contribution is -1.98. The van der Waals surface area contributed by atoms with Gasteiger partial charge in [0.05, 0.1) is 5.56 Å². The molecule has 0 atom stereocenters. The molecule has 0 spiro atoms. The molecule has 1 aromatic carbocycles. The average molecular weight is 232 g/mol. The number of nitriles is 1. The third kappa shape index (κ3) is 1.74. The van der Waals surface area contributed by atoms with Gasteiger partial charge in [0.1, 0.15) is 6.07 Å². The predicted molar refractivity (Wildman–Crippen MR) is 60.5 cm³/mol. The smallest absolute Gasteiger partial charge is 0.177 e. The predicted octanol–water partition coefficient (Wildman–Crippen LogP) is 3.51. The topological polar surface area (TPSA) is 36.7 Å². The molecule has 2 aromatic rings. The van der Waals surface area contributed by atoms with Gasteiger partial charge in [-0.15, -0.1) is 0 Å². The van der Waals surface area contributed by atoms with E-state index in [1.165, 1.54) is 6.20 Å². The molecule has 0 N–H and O–H groups in total. The van der Waals surface area contributed by atoms with Crippen LogP contribution in [0.3, 0.4) is 0 Å². The van der Waals surface area contributed by atoms with Crippen LogP contribution < -0.4 is 0 Å². The minimum absolute atomic E-state index is 0.0863. The minimum Gasteiger partial charge on any atom is -0.264 e. The van der Waals surface area contributed by atoms with Gasteiger partial charge in [0.25, 0.3) is 0 Å². The van der Waals surface area contributed by atoms with E-state index in [1.807, 2.05) is 13.8 Å². The quantitative estimate of drug-likeness (QED) is 0.754. The van der Waals surface area contributed by atoms with E-state index in [9.17, 15) is 8.78 Å². The Morgan fingerprint density at radius 2 is 2.00 bits per heavy atom. The fourth-order valence-electron chi connectivity index (χ4n) is 1.86. The molecule has 0 fully saturated rings. The van der Waals surface area contributed by atoms with Gasteiger partial charge in [0.15, 0.2) is 11.6 Å². The molecule has 0 saturated carbocycles. The van der Waals surface area contributed by atoms with Crippen molar-refractivity contribution >= 4 is 10.8 Å². The largest absolute Gasteiger partial charge is 0.264 e. The van der Waals surface area contributed by atoms with Crippen molar-refractivity contribution in [3.05, 3.63) is 41.2 Å². The minimum atomic E-state index is -1.09. The molecule has 2 nitrogen and oxygen atoms in total. The van der Waals surface area contributed by atoms with Crippen LogP contribution in [-0.2, 0) is 0 Å². The molecule has 0 amide bonds. The Morgan fingerprint density at radius 1 is 1.29 bits per heavy atom. The van der Waals surface area contributed by atoms with Gasteiger partial charge in [0.2, 0.25) is 0 Å². The zero-order valence-electron chi connectivity index (χ0n) is 9.46. The van der Waals surface area contributed by atoms with Crippen molar-refractivity contribution in [1.82, 2.24) is 4.98 Å². The number of rotatable bonds is 1. The molecule has 0 aliphatic heterocycles. The van der Waals surface area contributed by atoms with E-state index < -0.39 is 11.6 Å². The van der Waals surface area contributed by atoms with E-state index in [0.717, 1.165) is 11.6 Å². The maximum Gasteiger partial charge on any atom is 0.177 e. The van der Waals surface area contributed by atoms with Crippen LogP contribution in [0.15, 0.2) is 18.5 Å². The first-order valence-electron chi connectivity index (χ1n) is 5.22. The number of halogens is 2. The molecule has 4 heteroatoms. The lowest BCUT2D eigenvalue weighted by Gasteiger charge is -2.11. The number of pyridine rings is 1. The van der Waals surface area contributed by atoms with E-state index in [-0.39, 0.29) is 11.5 Å². The Balaban J connectivity index is 2.99. The van der Waals surface area contributed by atoms with Crippen LogP contribution >= 0.6 is 0 Å². The second-order valence-corrected chi connectivity index (χ2v) is 4.14. The first-order chi connectivity index (χ1) is 8.06. The third-order valence-electron chi connectivity index (χ3n) is 2.70. The molecule has 0 aliphatic rings. The zero-order valence-corrected chi connectivity index (χ0v) is 9.46. The fourth-order valence-corrected chi connectivity index (χ4v) is 1.86. The summed E-state index contributed by atoms with van der Waals surface area (Å²) in [4.78, 5) is 3.98. The van der Waals surface area contributed by atoms with Crippen molar-refractivity contribution in [2.24, 2.45) is 0 Å². The highest BCUT2D eigenvalue weighted by Gasteiger charge is 2.17. The molecule has 0 unspecified atom stereocenters. The van der Waals surface area contributed by atoms with Gasteiger partial charge in [0, 0.05) is 23.2 Å². The van der Waals surface area contributed by atoms with E-state index in [2.05, 4.69) is 4.98 Å². The molecular formula is C13H10F2N2. The van der Waals surface area contributed by atoms with E-state index >= 15 is 0 Å². The van der Waals surface area contributed by atoms with E-state index in [0.29, 0.717) is 10.8 Å². The van der Waals surface area contributed by atoms with Gasteiger partial charge in [-0.25, -0.2) is 8.78 Å². The number of benzene rings is 1. The Hall–Kier alpha value is -2.02. The van der Waals surface area contributed by atoms with Crippen LogP contribution in [0, 0.1) is 23.0 Å².